The number of rotatable bonds is 9. The molecular weight excluding hydrogens is 749 g/mol. The highest BCUT2D eigenvalue weighted by atomic mass is 79.9. The minimum atomic E-state index is -0.800. The Labute approximate surface area is 321 Å². The summed E-state index contributed by atoms with van der Waals surface area (Å²) in [5.74, 6) is -0.937. The van der Waals surface area contributed by atoms with Crippen molar-refractivity contribution in [3.05, 3.63) is 158 Å². The first kappa shape index (κ1) is 35.3. The van der Waals surface area contributed by atoms with Crippen molar-refractivity contribution in [2.45, 2.75) is 38.2 Å². The molecule has 8 rings (SSSR count). The first-order chi connectivity index (χ1) is 26.3. The van der Waals surface area contributed by atoms with Crippen molar-refractivity contribution in [3.8, 4) is 11.5 Å². The molecule has 10 heteroatoms. The van der Waals surface area contributed by atoms with Crippen LogP contribution in [-0.4, -0.2) is 37.5 Å². The second-order valence-corrected chi connectivity index (χ2v) is 14.5. The smallest absolute Gasteiger partial charge is 0.335 e. The monoisotopic (exact) mass is 785 g/mol. The van der Waals surface area contributed by atoms with Gasteiger partial charge in [0.15, 0.2) is 11.5 Å². The molecule has 272 valence electrons. The summed E-state index contributed by atoms with van der Waals surface area (Å²) in [6, 6.07) is 33.2. The lowest BCUT2D eigenvalue weighted by Crippen LogP contribution is -2.54. The quantitative estimate of drug-likeness (QED) is 0.119. The minimum absolute atomic E-state index is 0.0587. The maximum Gasteiger partial charge on any atom is 0.335 e. The van der Waals surface area contributed by atoms with Gasteiger partial charge in [0.25, 0.3) is 11.8 Å². The summed E-state index contributed by atoms with van der Waals surface area (Å²) >= 11 is 3.57. The Bertz CT molecular complexity index is 2210. The van der Waals surface area contributed by atoms with E-state index in [0.717, 1.165) is 53.2 Å². The molecule has 4 amide bonds. The van der Waals surface area contributed by atoms with Crippen molar-refractivity contribution in [1.29, 1.82) is 0 Å². The van der Waals surface area contributed by atoms with Crippen LogP contribution in [0.1, 0.15) is 65.0 Å². The lowest BCUT2D eigenvalue weighted by Gasteiger charge is -2.44. The molecule has 5 aromatic carbocycles. The number of carbonyl (C=O) groups is 3. The van der Waals surface area contributed by atoms with Crippen molar-refractivity contribution < 1.29 is 28.2 Å². The molecule has 0 aliphatic carbocycles. The van der Waals surface area contributed by atoms with E-state index in [2.05, 4.69) is 50.4 Å². The van der Waals surface area contributed by atoms with Crippen molar-refractivity contribution in [2.24, 2.45) is 0 Å². The molecule has 0 saturated carbocycles. The highest BCUT2D eigenvalue weighted by Gasteiger charge is 2.40. The van der Waals surface area contributed by atoms with E-state index in [4.69, 9.17) is 9.47 Å². The fourth-order valence-electron chi connectivity index (χ4n) is 7.84. The number of urea groups is 1. The molecule has 0 spiro atoms. The number of nitrogens with one attached hydrogen (secondary N) is 1. The summed E-state index contributed by atoms with van der Waals surface area (Å²) in [4.78, 5) is 45.0. The van der Waals surface area contributed by atoms with Gasteiger partial charge in [-0.2, -0.15) is 0 Å². The van der Waals surface area contributed by atoms with Gasteiger partial charge in [-0.1, -0.05) is 72.8 Å². The Morgan fingerprint density at radius 3 is 2.02 bits per heavy atom. The van der Waals surface area contributed by atoms with Gasteiger partial charge in [0.1, 0.15) is 18.0 Å². The molecule has 54 heavy (non-hydrogen) atoms. The molecule has 0 unspecified atom stereocenters. The van der Waals surface area contributed by atoms with Gasteiger partial charge in [-0.25, -0.2) is 14.1 Å². The van der Waals surface area contributed by atoms with E-state index < -0.39 is 17.8 Å². The number of anilines is 2. The third kappa shape index (κ3) is 6.78. The van der Waals surface area contributed by atoms with Crippen molar-refractivity contribution in [2.75, 3.05) is 29.5 Å². The van der Waals surface area contributed by atoms with Gasteiger partial charge in [-0.05, 0) is 112 Å². The number of amides is 4. The van der Waals surface area contributed by atoms with Crippen LogP contribution < -0.4 is 24.6 Å². The molecule has 1 fully saturated rings. The molecule has 3 aliphatic heterocycles. The molecule has 5 aromatic rings. The standard InChI is InChI=1S/C44H37BrFN3O5/c1-2-53-39-23-28(22-38(45)41(39)54-26-27-13-15-31(46)16-14-27)21-37-42(50)47-44(52)49(43(37)51)32-24-35-33(29-9-5-3-6-10-29)17-19-48-20-18-34(36(25-32)40(35)48)30-11-7-4-8-12-30/h3-16,21-25,33-34H,2,17-20,26H2,1H3,(H,47,50,52)/b37-21+/t33-,34-/m1/s1. The molecule has 1 N–H and O–H groups in total. The topological polar surface area (TPSA) is 88.2 Å². The zero-order valence-electron chi connectivity index (χ0n) is 29.6. The largest absolute Gasteiger partial charge is 0.490 e. The van der Waals surface area contributed by atoms with Gasteiger partial charge < -0.3 is 14.4 Å². The normalized spacial score (nSPS) is 18.7. The predicted molar refractivity (Wildman–Crippen MR) is 210 cm³/mol. The molecule has 3 aliphatic rings. The van der Waals surface area contributed by atoms with Crippen LogP contribution in [-0.2, 0) is 16.2 Å². The maximum atomic E-state index is 14.4. The average Bonchev–Trinajstić information content (AvgIpc) is 3.18. The minimum Gasteiger partial charge on any atom is -0.490 e. The number of carbonyl (C=O) groups excluding carboxylic acids is 3. The molecule has 1 saturated heterocycles. The predicted octanol–water partition coefficient (Wildman–Crippen LogP) is 9.11. The molecule has 2 atom stereocenters. The second kappa shape index (κ2) is 14.9. The highest BCUT2D eigenvalue weighted by molar-refractivity contribution is 9.10. The van der Waals surface area contributed by atoms with Crippen molar-refractivity contribution in [3.63, 3.8) is 0 Å². The van der Waals surface area contributed by atoms with E-state index in [1.807, 2.05) is 55.5 Å². The van der Waals surface area contributed by atoms with Crippen LogP contribution in [0.3, 0.4) is 0 Å². The molecule has 0 aromatic heterocycles. The Kier molecular flexibility index (Phi) is 9.77. The number of hydrogen-bond donors (Lipinski definition) is 1. The number of barbiturate groups is 1. The molecule has 8 nitrogen and oxygen atoms in total. The lowest BCUT2D eigenvalue weighted by molar-refractivity contribution is -0.122. The van der Waals surface area contributed by atoms with Crippen LogP contribution in [0.4, 0.5) is 20.6 Å². The number of imide groups is 2. The molecular formula is C44H37BrFN3O5. The summed E-state index contributed by atoms with van der Waals surface area (Å²) in [6.07, 6.45) is 3.23. The second-order valence-electron chi connectivity index (χ2n) is 13.6. The molecule has 0 radical (unpaired) electrons. The van der Waals surface area contributed by atoms with E-state index in [9.17, 15) is 18.8 Å². The van der Waals surface area contributed by atoms with Gasteiger partial charge in [0.05, 0.1) is 16.8 Å². The zero-order chi connectivity index (χ0) is 37.3. The Morgan fingerprint density at radius 1 is 0.815 bits per heavy atom. The number of halogens is 2. The van der Waals surface area contributed by atoms with E-state index in [-0.39, 0.29) is 29.8 Å². The summed E-state index contributed by atoms with van der Waals surface area (Å²) in [6.45, 7) is 4.13. The number of hydrogen-bond acceptors (Lipinski definition) is 6. The lowest BCUT2D eigenvalue weighted by atomic mass is 9.76. The van der Waals surface area contributed by atoms with Crippen LogP contribution in [0.5, 0.6) is 11.5 Å². The Morgan fingerprint density at radius 2 is 1.43 bits per heavy atom. The third-order valence-corrected chi connectivity index (χ3v) is 10.9. The average molecular weight is 787 g/mol. The third-order valence-electron chi connectivity index (χ3n) is 10.3. The number of ether oxygens (including phenoxy) is 2. The van der Waals surface area contributed by atoms with Gasteiger partial charge in [-0.3, -0.25) is 14.9 Å². The number of benzene rings is 5. The van der Waals surface area contributed by atoms with Crippen molar-refractivity contribution in [1.82, 2.24) is 5.32 Å². The zero-order valence-corrected chi connectivity index (χ0v) is 31.1. The maximum absolute atomic E-state index is 14.4. The van der Waals surface area contributed by atoms with Crippen LogP contribution in [0.25, 0.3) is 6.08 Å². The summed E-state index contributed by atoms with van der Waals surface area (Å²) < 4.78 is 25.9. The van der Waals surface area contributed by atoms with E-state index in [1.54, 1.807) is 24.3 Å². The highest BCUT2D eigenvalue weighted by Crippen LogP contribution is 2.50. The van der Waals surface area contributed by atoms with Gasteiger partial charge >= 0.3 is 6.03 Å². The van der Waals surface area contributed by atoms with Crippen LogP contribution in [0.15, 0.2) is 119 Å². The molecule has 3 heterocycles. The van der Waals surface area contributed by atoms with E-state index in [1.165, 1.54) is 29.3 Å². The summed E-state index contributed by atoms with van der Waals surface area (Å²) in [5.41, 5.74) is 7.08. The first-order valence-electron chi connectivity index (χ1n) is 18.1. The van der Waals surface area contributed by atoms with Crippen LogP contribution >= 0.6 is 15.9 Å². The Balaban J connectivity index is 1.19. The fraction of sp³-hybridized carbons (Fsp3) is 0.205. The first-order valence-corrected chi connectivity index (χ1v) is 18.9. The van der Waals surface area contributed by atoms with Gasteiger partial charge in [0.2, 0.25) is 0 Å². The SMILES string of the molecule is CCOc1cc(/C=C2\C(=O)NC(=O)N(c3cc4c5c(c3)[C@@H](c3ccccc3)CCN5CC[C@@H]4c3ccccc3)C2=O)cc(Br)c1OCc1ccc(F)cc1. The van der Waals surface area contributed by atoms with E-state index in [0.29, 0.717) is 33.8 Å². The van der Waals surface area contributed by atoms with E-state index >= 15 is 0 Å². The van der Waals surface area contributed by atoms with Gasteiger partial charge in [-0.15, -0.1) is 0 Å². The van der Waals surface area contributed by atoms with Crippen LogP contribution in [0, 0.1) is 5.82 Å². The summed E-state index contributed by atoms with van der Waals surface area (Å²) in [5, 5.41) is 2.42. The van der Waals surface area contributed by atoms with Crippen LogP contribution in [0.2, 0.25) is 0 Å². The van der Waals surface area contributed by atoms with Crippen molar-refractivity contribution >= 4 is 51.2 Å². The Hall–Kier alpha value is -5.74. The summed E-state index contributed by atoms with van der Waals surface area (Å²) in [7, 11) is 0. The number of nitrogens with zero attached hydrogens (tertiary/aromatic N) is 2. The fourth-order valence-corrected chi connectivity index (χ4v) is 8.41. The molecule has 0 bridgehead atoms. The van der Waals surface area contributed by atoms with Gasteiger partial charge in [0, 0.05) is 30.6 Å².